The number of hydrogen-bond donors (Lipinski definition) is 1. The zero-order chi connectivity index (χ0) is 26.4. The van der Waals surface area contributed by atoms with Crippen molar-refractivity contribution >= 4 is 44.6 Å². The first-order valence-corrected chi connectivity index (χ1v) is 12.6. The third kappa shape index (κ3) is 9.68. The molecule has 0 aliphatic heterocycles. The van der Waals surface area contributed by atoms with Gasteiger partial charge in [-0.25, -0.2) is 4.98 Å². The van der Waals surface area contributed by atoms with Gasteiger partial charge in [0.15, 0.2) is 17.3 Å². The van der Waals surface area contributed by atoms with Gasteiger partial charge in [-0.3, -0.25) is 4.79 Å². The Morgan fingerprint density at radius 1 is 0.943 bits per heavy atom. The first-order chi connectivity index (χ1) is 16.8. The molecule has 5 nitrogen and oxygen atoms in total. The average molecular weight is 516 g/mol. The fraction of sp³-hybridized carbons (Fsp3) is 0.286. The molecule has 4 rings (SSSR count). The first-order valence-electron chi connectivity index (χ1n) is 11.4. The van der Waals surface area contributed by atoms with Crippen LogP contribution >= 0.6 is 22.9 Å². The van der Waals surface area contributed by atoms with Crippen molar-refractivity contribution in [3.63, 3.8) is 0 Å². The van der Waals surface area contributed by atoms with Crippen molar-refractivity contribution in [1.29, 1.82) is 0 Å². The Morgan fingerprint density at radius 2 is 1.60 bits per heavy atom. The quantitative estimate of drug-likeness (QED) is 0.234. The number of carbonyl (C=O) groups is 1. The predicted molar refractivity (Wildman–Crippen MR) is 149 cm³/mol. The highest BCUT2D eigenvalue weighted by Gasteiger charge is 2.03. The van der Waals surface area contributed by atoms with E-state index in [0.717, 1.165) is 22.0 Å². The molecule has 2 N–H and O–H groups in total. The van der Waals surface area contributed by atoms with Gasteiger partial charge in [0.2, 0.25) is 0 Å². The number of methoxy groups -OCH3 is 2. The molecule has 0 saturated carbocycles. The summed E-state index contributed by atoms with van der Waals surface area (Å²) in [5, 5.41) is 3.77. The highest BCUT2D eigenvalue weighted by Crippen LogP contribution is 2.27. The second kappa shape index (κ2) is 15.9. The van der Waals surface area contributed by atoms with Crippen LogP contribution in [0.25, 0.3) is 10.2 Å². The van der Waals surface area contributed by atoms with Crippen molar-refractivity contribution in [1.82, 2.24) is 4.98 Å². The Balaban J connectivity index is 0.000000254. The van der Waals surface area contributed by atoms with Crippen molar-refractivity contribution in [2.24, 2.45) is 0 Å². The molecule has 4 aromatic rings. The number of nitrogens with zero attached hydrogens (tertiary/aromatic N) is 1. The van der Waals surface area contributed by atoms with Gasteiger partial charge in [-0.2, -0.15) is 0 Å². The number of fused-ring (bicyclic) bond motifs is 1. The molecule has 35 heavy (non-hydrogen) atoms. The van der Waals surface area contributed by atoms with Crippen LogP contribution in [0.3, 0.4) is 0 Å². The minimum atomic E-state index is 0.00519. The SMILES string of the molecule is CC.CC(=O)c1ccccc1Cl.COc1ccc(C)cc1OC.C[NH2+]c1ccc2nc(C)sc2c1. The van der Waals surface area contributed by atoms with Crippen LogP contribution in [0.2, 0.25) is 5.02 Å². The van der Waals surface area contributed by atoms with Gasteiger partial charge in [0.25, 0.3) is 0 Å². The summed E-state index contributed by atoms with van der Waals surface area (Å²) >= 11 is 7.45. The Morgan fingerprint density at radius 3 is 2.14 bits per heavy atom. The molecule has 0 bridgehead atoms. The standard InChI is InChI=1S/C9H10N2S.C9H12O2.C8H7ClO.C2H6/c1-6-11-8-4-3-7(10-2)5-9(8)12-6;1-7-4-5-8(10-2)9(6-7)11-3;1-6(10)7-4-2-3-5-8(7)9;1-2/h3-5,10H,1-2H3;4-6H,1-3H3;2-5H,1H3;1-2H3/p+1. The van der Waals surface area contributed by atoms with Crippen LogP contribution in [0.5, 0.6) is 11.5 Å². The molecule has 1 heterocycles. The number of aromatic nitrogens is 1. The van der Waals surface area contributed by atoms with Crippen LogP contribution < -0.4 is 14.8 Å². The minimum Gasteiger partial charge on any atom is -0.493 e. The zero-order valence-corrected chi connectivity index (χ0v) is 23.4. The molecule has 0 radical (unpaired) electrons. The summed E-state index contributed by atoms with van der Waals surface area (Å²) in [4.78, 5) is 15.2. The molecule has 0 saturated heterocycles. The van der Waals surface area contributed by atoms with Crippen LogP contribution in [0.1, 0.15) is 41.7 Å². The van der Waals surface area contributed by atoms with Crippen LogP contribution in [0, 0.1) is 13.8 Å². The molecular weight excluding hydrogens is 480 g/mol. The van der Waals surface area contributed by atoms with E-state index in [2.05, 4.69) is 35.5 Å². The Kier molecular flexibility index (Phi) is 13.7. The second-order valence-corrected chi connectivity index (χ2v) is 8.79. The van der Waals surface area contributed by atoms with E-state index < -0.39 is 0 Å². The van der Waals surface area contributed by atoms with Crippen molar-refractivity contribution in [3.05, 3.63) is 81.8 Å². The van der Waals surface area contributed by atoms with E-state index in [4.69, 9.17) is 21.1 Å². The van der Waals surface area contributed by atoms with E-state index >= 15 is 0 Å². The molecule has 0 aliphatic rings. The van der Waals surface area contributed by atoms with E-state index in [1.807, 2.05) is 45.9 Å². The predicted octanol–water partition coefficient (Wildman–Crippen LogP) is 7.01. The number of ketones is 1. The highest BCUT2D eigenvalue weighted by atomic mass is 35.5. The summed E-state index contributed by atoms with van der Waals surface area (Å²) in [6.45, 7) is 9.56. The van der Waals surface area contributed by atoms with E-state index in [0.29, 0.717) is 10.6 Å². The Bertz CT molecular complexity index is 1210. The van der Waals surface area contributed by atoms with Crippen LogP contribution in [-0.2, 0) is 0 Å². The number of nitrogens with two attached hydrogens (primary N) is 1. The normalized spacial score (nSPS) is 9.51. The molecule has 0 amide bonds. The second-order valence-electron chi connectivity index (χ2n) is 7.14. The largest absolute Gasteiger partial charge is 0.493 e. The van der Waals surface area contributed by atoms with E-state index in [1.165, 1.54) is 22.9 Å². The third-order valence-corrected chi connectivity index (χ3v) is 5.91. The van der Waals surface area contributed by atoms with E-state index in [-0.39, 0.29) is 5.78 Å². The van der Waals surface area contributed by atoms with E-state index in [9.17, 15) is 4.79 Å². The molecule has 1 aromatic heterocycles. The number of rotatable bonds is 4. The van der Waals surface area contributed by atoms with Gasteiger partial charge in [0.05, 0.1) is 41.5 Å². The van der Waals surface area contributed by atoms with Gasteiger partial charge in [-0.1, -0.05) is 43.6 Å². The summed E-state index contributed by atoms with van der Waals surface area (Å²) < 4.78 is 11.4. The topological polar surface area (TPSA) is 65.0 Å². The van der Waals surface area contributed by atoms with Crippen molar-refractivity contribution in [2.75, 3.05) is 21.3 Å². The van der Waals surface area contributed by atoms with Crippen molar-refractivity contribution < 1.29 is 19.6 Å². The summed E-state index contributed by atoms with van der Waals surface area (Å²) in [6, 6.07) is 19.2. The molecule has 0 unspecified atom stereocenters. The fourth-order valence-corrected chi connectivity index (χ4v) is 4.07. The maximum Gasteiger partial charge on any atom is 0.161 e. The number of carbonyl (C=O) groups excluding carboxylic acids is 1. The average Bonchev–Trinajstić information content (AvgIpc) is 3.25. The minimum absolute atomic E-state index is 0.00519. The molecule has 7 heteroatoms. The number of thiazole rings is 1. The number of benzene rings is 3. The molecule has 0 spiro atoms. The highest BCUT2D eigenvalue weighted by molar-refractivity contribution is 7.18. The number of hydrogen-bond acceptors (Lipinski definition) is 5. The lowest BCUT2D eigenvalue weighted by atomic mass is 10.1. The monoisotopic (exact) mass is 515 g/mol. The van der Waals surface area contributed by atoms with Gasteiger partial charge in [0.1, 0.15) is 5.69 Å². The molecule has 0 fully saturated rings. The summed E-state index contributed by atoms with van der Waals surface area (Å²) in [7, 11) is 5.32. The van der Waals surface area contributed by atoms with Crippen molar-refractivity contribution in [3.8, 4) is 11.5 Å². The summed E-state index contributed by atoms with van der Waals surface area (Å²) in [5.74, 6) is 1.57. The molecular formula is C28H36ClN2O3S+. The third-order valence-electron chi connectivity index (χ3n) is 4.64. The summed E-state index contributed by atoms with van der Waals surface area (Å²) in [6.07, 6.45) is 0. The molecule has 0 aliphatic carbocycles. The lowest BCUT2D eigenvalue weighted by Gasteiger charge is -2.06. The fourth-order valence-electron chi connectivity index (χ4n) is 2.93. The zero-order valence-electron chi connectivity index (χ0n) is 21.8. The maximum absolute atomic E-state index is 10.8. The molecule has 3 aromatic carbocycles. The number of aryl methyl sites for hydroxylation is 2. The van der Waals surface area contributed by atoms with Crippen molar-refractivity contribution in [2.45, 2.75) is 34.6 Å². The number of quaternary nitrogens is 1. The maximum atomic E-state index is 10.8. The van der Waals surface area contributed by atoms with Gasteiger partial charge < -0.3 is 14.8 Å². The number of ether oxygens (including phenoxy) is 2. The number of halogens is 1. The first kappa shape index (κ1) is 30.1. The molecule has 0 atom stereocenters. The Labute approximate surface area is 218 Å². The van der Waals surface area contributed by atoms with Crippen LogP contribution in [0.4, 0.5) is 5.69 Å². The van der Waals surface area contributed by atoms with Gasteiger partial charge in [0, 0.05) is 17.7 Å². The van der Waals surface area contributed by atoms with Gasteiger partial charge >= 0.3 is 0 Å². The number of Topliss-reactive ketones (excluding diaryl/α,β-unsaturated/α-hetero) is 1. The molecule has 188 valence electrons. The lowest BCUT2D eigenvalue weighted by molar-refractivity contribution is -0.539. The summed E-state index contributed by atoms with van der Waals surface area (Å²) in [5.41, 5.74) is 4.14. The van der Waals surface area contributed by atoms with Crippen LogP contribution in [-0.4, -0.2) is 32.0 Å². The Hall–Kier alpha value is -2.93. The van der Waals surface area contributed by atoms with Gasteiger partial charge in [-0.15, -0.1) is 11.3 Å². The lowest BCUT2D eigenvalue weighted by Crippen LogP contribution is -2.72. The van der Waals surface area contributed by atoms with Crippen LogP contribution in [0.15, 0.2) is 60.7 Å². The van der Waals surface area contributed by atoms with E-state index in [1.54, 1.807) is 49.8 Å². The van der Waals surface area contributed by atoms with Gasteiger partial charge in [-0.05, 0) is 56.7 Å². The smallest absolute Gasteiger partial charge is 0.161 e.